The highest BCUT2D eigenvalue weighted by molar-refractivity contribution is 5.97. The summed E-state index contributed by atoms with van der Waals surface area (Å²) in [6.07, 6.45) is -0.603. The number of hydrogen-bond acceptors (Lipinski definition) is 22. The van der Waals surface area contributed by atoms with E-state index in [1.165, 1.54) is 34.1 Å². The van der Waals surface area contributed by atoms with E-state index >= 15 is 0 Å². The molecule has 3 rings (SSSR count). The minimum absolute atomic E-state index is 0.0187. The Morgan fingerprint density at radius 2 is 1.09 bits per heavy atom. The van der Waals surface area contributed by atoms with Gasteiger partial charge in [-0.1, -0.05) is 30.3 Å². The molecular weight excluding hydrogens is 1180 g/mol. The van der Waals surface area contributed by atoms with Crippen molar-refractivity contribution >= 4 is 76.8 Å². The van der Waals surface area contributed by atoms with E-state index in [-0.39, 0.29) is 111 Å². The van der Waals surface area contributed by atoms with Crippen molar-refractivity contribution in [1.29, 1.82) is 0 Å². The number of benzene rings is 1. The number of rotatable bonds is 42. The number of H-pyrrole nitrogens is 1. The summed E-state index contributed by atoms with van der Waals surface area (Å²) in [6, 6.07) is 2.49. The topological polar surface area (TPSA) is 492 Å². The number of carbonyl (C=O) groups is 13. The first kappa shape index (κ1) is 75.1. The first-order chi connectivity index (χ1) is 42.3. The number of imidazole rings is 1. The zero-order valence-corrected chi connectivity index (χ0v) is 49.4. The molecule has 89 heavy (non-hydrogen) atoms. The Kier molecular flexibility index (Phi) is 34.1. The summed E-state index contributed by atoms with van der Waals surface area (Å²) in [6.45, 7) is -1.95. The molecule has 0 saturated carbocycles. The molecule has 0 aliphatic carbocycles. The number of aliphatic carboxylic acids is 6. The number of carboxylic acid groups (broad SMARTS) is 6. The monoisotopic (exact) mass is 1260 g/mol. The molecule has 1 aromatic heterocycles. The maximum Gasteiger partial charge on any atom is 0.328 e. The van der Waals surface area contributed by atoms with Crippen LogP contribution in [-0.2, 0) is 84.6 Å². The summed E-state index contributed by atoms with van der Waals surface area (Å²) in [7, 11) is 0. The second-order valence-corrected chi connectivity index (χ2v) is 21.3. The Hall–Kier alpha value is -8.18. The van der Waals surface area contributed by atoms with Crippen LogP contribution in [0.1, 0.15) is 56.7 Å². The maximum atomic E-state index is 13.8. The number of carboxylic acids is 6. The normalized spacial score (nSPS) is 16.3. The predicted octanol–water partition coefficient (Wildman–Crippen LogP) is -4.20. The molecule has 2 aromatic rings. The molecule has 33 heteroatoms. The van der Waals surface area contributed by atoms with Gasteiger partial charge in [0.1, 0.15) is 24.7 Å². The van der Waals surface area contributed by atoms with Gasteiger partial charge >= 0.3 is 35.8 Å². The van der Waals surface area contributed by atoms with Crippen LogP contribution in [0.15, 0.2) is 42.9 Å². The van der Waals surface area contributed by atoms with Gasteiger partial charge in [-0.25, -0.2) is 9.78 Å². The van der Waals surface area contributed by atoms with E-state index in [2.05, 4.69) is 31.2 Å². The molecular formula is C56H82N10O23. The number of Topliss-reactive ketones (excluding diaryl/α,β-unsaturated/α-hetero) is 3. The zero-order valence-electron chi connectivity index (χ0n) is 49.4. The molecule has 1 fully saturated rings. The van der Waals surface area contributed by atoms with E-state index < -0.39 is 177 Å². The van der Waals surface area contributed by atoms with Gasteiger partial charge in [0.05, 0.1) is 83.3 Å². The smallest absolute Gasteiger partial charge is 0.328 e. The molecule has 7 atom stereocenters. The van der Waals surface area contributed by atoms with Gasteiger partial charge < -0.3 is 76.6 Å². The van der Waals surface area contributed by atoms with Crippen molar-refractivity contribution < 1.29 is 113 Å². The van der Waals surface area contributed by atoms with Gasteiger partial charge in [-0.2, -0.15) is 0 Å². The molecule has 0 bridgehead atoms. The molecule has 1 aliphatic rings. The number of ketones is 3. The summed E-state index contributed by atoms with van der Waals surface area (Å²) in [4.78, 5) is 177. The van der Waals surface area contributed by atoms with Crippen molar-refractivity contribution in [3.8, 4) is 0 Å². The van der Waals surface area contributed by atoms with E-state index in [0.29, 0.717) is 11.3 Å². The SMILES string of the molecule is C[C@H](NC(=O)[C@H](CC(=O)O)CC(=O)COCCOCCNC(=O)CCC(C(=O)O)N1CCN(CC(=O)O)CCN(CC(=O)O)CCN(CC(=O)O)CC1)C(=O)C[C@@H](Cc1cnc[nH]1)C(=O)N[C@@H](CO)C(=O)C[C@@H](Cc1ccccc1)C(=O)N[C@@H](CO)C(=O)O. The number of aliphatic hydroxyl groups excluding tert-OH is 2. The van der Waals surface area contributed by atoms with Crippen molar-refractivity contribution in [2.75, 3.05) is 118 Å². The third-order valence-corrected chi connectivity index (χ3v) is 14.3. The second kappa shape index (κ2) is 40.4. The molecule has 0 radical (unpaired) electrons. The van der Waals surface area contributed by atoms with Crippen LogP contribution in [0.2, 0.25) is 0 Å². The first-order valence-electron chi connectivity index (χ1n) is 28.7. The second-order valence-electron chi connectivity index (χ2n) is 21.3. The number of hydrogen-bond donors (Lipinski definition) is 13. The van der Waals surface area contributed by atoms with Crippen LogP contribution in [0, 0.1) is 17.8 Å². The van der Waals surface area contributed by atoms with Crippen molar-refractivity contribution in [3.05, 3.63) is 54.1 Å². The Labute approximate surface area is 511 Å². The molecule has 1 saturated heterocycles. The highest BCUT2D eigenvalue weighted by atomic mass is 16.5. The Bertz CT molecular complexity index is 2630. The Balaban J connectivity index is 1.51. The third kappa shape index (κ3) is 30.1. The highest BCUT2D eigenvalue weighted by Crippen LogP contribution is 2.19. The molecule has 494 valence electrons. The fraction of sp³-hybridized carbons (Fsp3) is 0.607. The van der Waals surface area contributed by atoms with Crippen LogP contribution in [0.5, 0.6) is 0 Å². The van der Waals surface area contributed by atoms with E-state index in [0.717, 1.165) is 0 Å². The zero-order chi connectivity index (χ0) is 66.0. The number of amides is 4. The minimum Gasteiger partial charge on any atom is -0.481 e. The van der Waals surface area contributed by atoms with Crippen molar-refractivity contribution in [3.63, 3.8) is 0 Å². The van der Waals surface area contributed by atoms with Crippen molar-refractivity contribution in [1.82, 2.24) is 50.8 Å². The molecule has 1 aliphatic heterocycles. The van der Waals surface area contributed by atoms with E-state index in [9.17, 15) is 103 Å². The third-order valence-electron chi connectivity index (χ3n) is 14.3. The van der Waals surface area contributed by atoms with Gasteiger partial charge in [-0.15, -0.1) is 0 Å². The van der Waals surface area contributed by atoms with Gasteiger partial charge in [0, 0.05) is 109 Å². The van der Waals surface area contributed by atoms with Crippen LogP contribution >= 0.6 is 0 Å². The highest BCUT2D eigenvalue weighted by Gasteiger charge is 2.35. The fourth-order valence-electron chi connectivity index (χ4n) is 9.49. The number of aromatic amines is 1. The predicted molar refractivity (Wildman–Crippen MR) is 306 cm³/mol. The summed E-state index contributed by atoms with van der Waals surface area (Å²) in [5.41, 5.74) is 0.966. The summed E-state index contributed by atoms with van der Waals surface area (Å²) in [5, 5.41) is 87.0. The van der Waals surface area contributed by atoms with Gasteiger partial charge in [-0.3, -0.25) is 77.1 Å². The number of carbonyl (C=O) groups excluding carboxylic acids is 7. The Morgan fingerprint density at radius 3 is 1.60 bits per heavy atom. The quantitative estimate of drug-likeness (QED) is 0.0280. The van der Waals surface area contributed by atoms with Gasteiger partial charge in [0.15, 0.2) is 17.3 Å². The summed E-state index contributed by atoms with van der Waals surface area (Å²) < 4.78 is 10.8. The summed E-state index contributed by atoms with van der Waals surface area (Å²) in [5.74, 6) is -17.2. The number of aliphatic hydroxyl groups is 2. The largest absolute Gasteiger partial charge is 0.481 e. The minimum atomic E-state index is -1.69. The lowest BCUT2D eigenvalue weighted by molar-refractivity contribution is -0.145. The lowest BCUT2D eigenvalue weighted by Crippen LogP contribution is -2.52. The number of nitrogens with one attached hydrogen (secondary N) is 5. The molecule has 1 unspecified atom stereocenters. The standard InChI is InChI=1S/C56H82N10O23/c1-35(45(70)24-38(22-40-27-57-34-59-40)54(83)61-42(31-67)46(71)25-37(21-36-5-3-2-4-6-36)53(82)62-43(32-68)55(84)85)60-52(81)39(26-48(73)74)23-41(69)33-89-20-19-88-18-9-58-47(72)8-7-44(56(86)87)66-16-14-64(29-50(77)78)12-10-63(28-49(75)76)11-13-65(15-17-66)30-51(79)80/h2-6,27,34-35,37-39,42-44,67-68H,7-26,28-33H2,1H3,(H,57,59)(H,58,72)(H,60,81)(H,61,83)(H,62,82)(H,73,74)(H,75,76)(H,77,78)(H,79,80)(H,84,85)(H,86,87)/t35-,37+,38+,39-,42-,43-,44?/m0/s1. The maximum absolute atomic E-state index is 13.8. The van der Waals surface area contributed by atoms with E-state index in [4.69, 9.17) is 9.47 Å². The van der Waals surface area contributed by atoms with E-state index in [1.807, 2.05) is 0 Å². The fourth-order valence-corrected chi connectivity index (χ4v) is 9.49. The number of ether oxygens (including phenoxy) is 2. The van der Waals surface area contributed by atoms with Crippen LogP contribution in [0.25, 0.3) is 0 Å². The molecule has 0 spiro atoms. The lowest BCUT2D eigenvalue weighted by Gasteiger charge is -2.35. The first-order valence-corrected chi connectivity index (χ1v) is 28.7. The van der Waals surface area contributed by atoms with Crippen molar-refractivity contribution in [2.24, 2.45) is 17.8 Å². The van der Waals surface area contributed by atoms with E-state index in [1.54, 1.807) is 35.2 Å². The van der Waals surface area contributed by atoms with Crippen LogP contribution in [-0.4, -0.2) is 290 Å². The van der Waals surface area contributed by atoms with Crippen molar-refractivity contribution in [2.45, 2.75) is 82.5 Å². The average molecular weight is 1260 g/mol. The summed E-state index contributed by atoms with van der Waals surface area (Å²) >= 11 is 0. The average Bonchev–Trinajstić information content (AvgIpc) is 3.18. The Morgan fingerprint density at radius 1 is 0.573 bits per heavy atom. The number of nitrogens with zero attached hydrogens (tertiary/aromatic N) is 5. The molecule has 13 N–H and O–H groups in total. The lowest BCUT2D eigenvalue weighted by atomic mass is 9.90. The molecule has 4 amide bonds. The number of aromatic nitrogens is 2. The van der Waals surface area contributed by atoms with Crippen LogP contribution < -0.4 is 21.3 Å². The van der Waals surface area contributed by atoms with Gasteiger partial charge in [-0.05, 0) is 25.3 Å². The van der Waals surface area contributed by atoms with Gasteiger partial charge in [0.2, 0.25) is 23.6 Å². The molecule has 1 aromatic carbocycles. The van der Waals surface area contributed by atoms with Gasteiger partial charge in [0.25, 0.3) is 0 Å². The molecule has 33 nitrogen and oxygen atoms in total. The van der Waals surface area contributed by atoms with Crippen LogP contribution in [0.3, 0.4) is 0 Å². The van der Waals surface area contributed by atoms with Crippen LogP contribution in [0.4, 0.5) is 0 Å². The molecule has 2 heterocycles.